The predicted molar refractivity (Wildman–Crippen MR) is 110 cm³/mol. The van der Waals surface area contributed by atoms with Gasteiger partial charge in [-0.15, -0.1) is 0 Å². The second-order valence-corrected chi connectivity index (χ2v) is 7.07. The van der Waals surface area contributed by atoms with Crippen molar-refractivity contribution in [1.82, 2.24) is 5.32 Å². The Bertz CT molecular complexity index is 894. The van der Waals surface area contributed by atoms with E-state index in [9.17, 15) is 9.59 Å². The third-order valence-electron chi connectivity index (χ3n) is 3.87. The number of amides is 1. The van der Waals surface area contributed by atoms with E-state index >= 15 is 0 Å². The van der Waals surface area contributed by atoms with Gasteiger partial charge in [0, 0.05) is 6.08 Å². The Balaban J connectivity index is 2.13. The van der Waals surface area contributed by atoms with E-state index in [1.807, 2.05) is 31.2 Å². The van der Waals surface area contributed by atoms with Crippen molar-refractivity contribution in [3.8, 4) is 11.5 Å². The van der Waals surface area contributed by atoms with E-state index in [1.165, 1.54) is 20.1 Å². The van der Waals surface area contributed by atoms with Crippen molar-refractivity contribution in [2.24, 2.45) is 0 Å². The van der Waals surface area contributed by atoms with Crippen LogP contribution in [-0.4, -0.2) is 30.1 Å². The zero-order chi connectivity index (χ0) is 20.7. The Labute approximate surface area is 172 Å². The first-order chi connectivity index (χ1) is 13.3. The van der Waals surface area contributed by atoms with Crippen LogP contribution in [0.3, 0.4) is 0 Å². The summed E-state index contributed by atoms with van der Waals surface area (Å²) in [6.45, 7) is 3.81. The van der Waals surface area contributed by atoms with Gasteiger partial charge in [-0.05, 0) is 59.1 Å². The van der Waals surface area contributed by atoms with Gasteiger partial charge >= 0.3 is 5.97 Å². The lowest BCUT2D eigenvalue weighted by Crippen LogP contribution is -2.37. The summed E-state index contributed by atoms with van der Waals surface area (Å²) in [7, 11) is 1.54. The van der Waals surface area contributed by atoms with E-state index in [-0.39, 0.29) is 0 Å². The number of methoxy groups -OCH3 is 1. The van der Waals surface area contributed by atoms with Crippen molar-refractivity contribution >= 4 is 33.9 Å². The van der Waals surface area contributed by atoms with Crippen LogP contribution in [-0.2, 0) is 16.2 Å². The lowest BCUT2D eigenvalue weighted by Gasteiger charge is -2.14. The number of halogens is 1. The van der Waals surface area contributed by atoms with Gasteiger partial charge in [-0.1, -0.05) is 29.8 Å². The Morgan fingerprint density at radius 1 is 1.29 bits per heavy atom. The minimum absolute atomic E-state index is 0.390. The van der Waals surface area contributed by atoms with Crippen LogP contribution in [0.1, 0.15) is 23.6 Å². The molecule has 0 saturated carbocycles. The van der Waals surface area contributed by atoms with Crippen molar-refractivity contribution < 1.29 is 24.2 Å². The number of carbonyl (C=O) groups excluding carboxylic acids is 1. The summed E-state index contributed by atoms with van der Waals surface area (Å²) in [5.74, 6) is -0.517. The maximum absolute atomic E-state index is 11.8. The summed E-state index contributed by atoms with van der Waals surface area (Å²) in [5, 5.41) is 11.2. The smallest absolute Gasteiger partial charge is 0.325 e. The molecule has 1 unspecified atom stereocenters. The van der Waals surface area contributed by atoms with Gasteiger partial charge in [0.05, 0.1) is 11.6 Å². The summed E-state index contributed by atoms with van der Waals surface area (Å²) < 4.78 is 12.0. The van der Waals surface area contributed by atoms with Crippen LogP contribution >= 0.6 is 15.9 Å². The highest BCUT2D eigenvalue weighted by Gasteiger charge is 2.13. The van der Waals surface area contributed by atoms with Gasteiger partial charge in [0.25, 0.3) is 0 Å². The summed E-state index contributed by atoms with van der Waals surface area (Å²) in [5.41, 5.74) is 2.90. The Kier molecular flexibility index (Phi) is 7.63. The molecule has 0 aliphatic heterocycles. The molecule has 0 heterocycles. The highest BCUT2D eigenvalue weighted by atomic mass is 79.9. The number of rotatable bonds is 8. The van der Waals surface area contributed by atoms with Crippen LogP contribution in [0, 0.1) is 6.92 Å². The molecule has 0 bridgehead atoms. The van der Waals surface area contributed by atoms with Crippen LogP contribution in [0.2, 0.25) is 0 Å². The number of ether oxygens (including phenoxy) is 2. The number of aliphatic carboxylic acids is 1. The minimum Gasteiger partial charge on any atom is -0.493 e. The fourth-order valence-corrected chi connectivity index (χ4v) is 3.00. The summed E-state index contributed by atoms with van der Waals surface area (Å²) >= 11 is 3.48. The number of benzene rings is 2. The molecule has 28 heavy (non-hydrogen) atoms. The molecule has 6 nitrogen and oxygen atoms in total. The number of hydrogen-bond acceptors (Lipinski definition) is 4. The van der Waals surface area contributed by atoms with Crippen LogP contribution < -0.4 is 14.8 Å². The molecule has 1 amide bonds. The first-order valence-electron chi connectivity index (χ1n) is 8.57. The zero-order valence-corrected chi connectivity index (χ0v) is 17.4. The van der Waals surface area contributed by atoms with Crippen molar-refractivity contribution in [1.29, 1.82) is 0 Å². The molecule has 2 N–H and O–H groups in total. The molecule has 2 aromatic rings. The fraction of sp³-hybridized carbons (Fsp3) is 0.238. The Morgan fingerprint density at radius 3 is 2.68 bits per heavy atom. The SMILES string of the molecule is COc1cc(/C=C/C(=O)NC(C)C(=O)O)cc(Br)c1OCc1cccc(C)c1. The first kappa shape index (κ1) is 21.5. The largest absolute Gasteiger partial charge is 0.493 e. The van der Waals surface area contributed by atoms with E-state index < -0.39 is 17.9 Å². The zero-order valence-electron chi connectivity index (χ0n) is 15.9. The highest BCUT2D eigenvalue weighted by Crippen LogP contribution is 2.37. The summed E-state index contributed by atoms with van der Waals surface area (Å²) in [6, 6.07) is 10.6. The van der Waals surface area contributed by atoms with Crippen LogP contribution in [0.5, 0.6) is 11.5 Å². The van der Waals surface area contributed by atoms with Crippen molar-refractivity contribution in [3.05, 3.63) is 63.6 Å². The predicted octanol–water partition coefficient (Wildman–Crippen LogP) is 3.95. The number of carbonyl (C=O) groups is 2. The first-order valence-corrected chi connectivity index (χ1v) is 9.36. The van der Waals surface area contributed by atoms with Gasteiger partial charge in [-0.25, -0.2) is 0 Å². The van der Waals surface area contributed by atoms with Gasteiger partial charge in [-0.2, -0.15) is 0 Å². The fourth-order valence-electron chi connectivity index (χ4n) is 2.43. The van der Waals surface area contributed by atoms with Crippen molar-refractivity contribution in [3.63, 3.8) is 0 Å². The molecule has 2 aromatic carbocycles. The molecular weight excluding hydrogens is 426 g/mol. The number of aryl methyl sites for hydroxylation is 1. The number of carboxylic acid groups (broad SMARTS) is 1. The number of hydrogen-bond donors (Lipinski definition) is 2. The van der Waals surface area contributed by atoms with E-state index in [4.69, 9.17) is 14.6 Å². The molecule has 148 valence electrons. The van der Waals surface area contributed by atoms with Crippen LogP contribution in [0.25, 0.3) is 6.08 Å². The third-order valence-corrected chi connectivity index (χ3v) is 4.46. The summed E-state index contributed by atoms with van der Waals surface area (Å²) in [6.07, 6.45) is 2.84. The van der Waals surface area contributed by atoms with E-state index in [0.29, 0.717) is 28.1 Å². The average molecular weight is 448 g/mol. The number of carboxylic acids is 1. The third kappa shape index (κ3) is 6.13. The molecule has 7 heteroatoms. The quantitative estimate of drug-likeness (QED) is 0.598. The topological polar surface area (TPSA) is 84.9 Å². The van der Waals surface area contributed by atoms with Crippen molar-refractivity contribution in [2.45, 2.75) is 26.5 Å². The summed E-state index contributed by atoms with van der Waals surface area (Å²) in [4.78, 5) is 22.6. The van der Waals surface area contributed by atoms with E-state index in [2.05, 4.69) is 21.2 Å². The monoisotopic (exact) mass is 447 g/mol. The van der Waals surface area contributed by atoms with Crippen LogP contribution in [0.4, 0.5) is 0 Å². The minimum atomic E-state index is -1.10. The maximum atomic E-state index is 11.8. The normalized spacial score (nSPS) is 11.9. The average Bonchev–Trinajstić information content (AvgIpc) is 2.65. The molecule has 0 aromatic heterocycles. The second-order valence-electron chi connectivity index (χ2n) is 6.21. The molecule has 0 radical (unpaired) electrons. The van der Waals surface area contributed by atoms with Crippen molar-refractivity contribution in [2.75, 3.05) is 7.11 Å². The molecule has 2 rings (SSSR count). The van der Waals surface area contributed by atoms with E-state index in [1.54, 1.807) is 18.2 Å². The van der Waals surface area contributed by atoms with Gasteiger partial charge in [0.1, 0.15) is 12.6 Å². The Morgan fingerprint density at radius 2 is 2.04 bits per heavy atom. The molecule has 0 aliphatic carbocycles. The lowest BCUT2D eigenvalue weighted by atomic mass is 10.1. The Hall–Kier alpha value is -2.80. The lowest BCUT2D eigenvalue weighted by molar-refractivity contribution is -0.140. The van der Waals surface area contributed by atoms with Gasteiger partial charge < -0.3 is 19.9 Å². The number of nitrogens with one attached hydrogen (secondary N) is 1. The highest BCUT2D eigenvalue weighted by molar-refractivity contribution is 9.10. The molecule has 0 aliphatic rings. The van der Waals surface area contributed by atoms with E-state index in [0.717, 1.165) is 11.1 Å². The maximum Gasteiger partial charge on any atom is 0.325 e. The molecule has 1 atom stereocenters. The standard InChI is InChI=1S/C21H22BrNO5/c1-13-5-4-6-16(9-13)12-28-20-17(22)10-15(11-18(20)27-3)7-8-19(24)23-14(2)21(25)26/h4-11,14H,12H2,1-3H3,(H,23,24)(H,25,26)/b8-7+. The second kappa shape index (κ2) is 9.94. The molecule has 0 fully saturated rings. The molecular formula is C21H22BrNO5. The van der Waals surface area contributed by atoms with Crippen LogP contribution in [0.15, 0.2) is 46.9 Å². The molecule has 0 saturated heterocycles. The van der Waals surface area contributed by atoms with Gasteiger partial charge in [0.15, 0.2) is 11.5 Å². The molecule has 0 spiro atoms. The van der Waals surface area contributed by atoms with Gasteiger partial charge in [0.2, 0.25) is 5.91 Å². The van der Waals surface area contributed by atoms with Gasteiger partial charge in [-0.3, -0.25) is 9.59 Å².